The van der Waals surface area contributed by atoms with Gasteiger partial charge in [0.25, 0.3) is 0 Å². The van der Waals surface area contributed by atoms with Crippen molar-refractivity contribution in [1.29, 1.82) is 0 Å². The molecule has 5 heteroatoms. The van der Waals surface area contributed by atoms with Crippen LogP contribution in [0.25, 0.3) is 0 Å². The Morgan fingerprint density at radius 3 is 2.32 bits per heavy atom. The molecule has 0 N–H and O–H groups in total. The highest BCUT2D eigenvalue weighted by molar-refractivity contribution is 6.10. The van der Waals surface area contributed by atoms with E-state index in [1.165, 1.54) is 4.90 Å². The molecular formula is C20H22N2O3. The zero-order valence-electron chi connectivity index (χ0n) is 14.7. The van der Waals surface area contributed by atoms with E-state index in [4.69, 9.17) is 0 Å². The summed E-state index contributed by atoms with van der Waals surface area (Å²) in [6.45, 7) is 3.79. The first kappa shape index (κ1) is 16.1. The SMILES string of the molecule is Cc1cccc(N(C)C(=O)CN2C(=O)[C@@H]3[C@H](C2=O)[C@H]2C=C[C@H]3C2)c1C. The number of amides is 3. The van der Waals surface area contributed by atoms with Gasteiger partial charge in [-0.3, -0.25) is 19.3 Å². The molecule has 1 heterocycles. The third-order valence-electron chi connectivity index (χ3n) is 6.17. The topological polar surface area (TPSA) is 57.7 Å². The Balaban J connectivity index is 1.53. The first-order valence-corrected chi connectivity index (χ1v) is 8.76. The minimum atomic E-state index is -0.249. The molecule has 1 aliphatic heterocycles. The van der Waals surface area contributed by atoms with Crippen LogP contribution in [0.15, 0.2) is 30.4 Å². The summed E-state index contributed by atoms with van der Waals surface area (Å²) >= 11 is 0. The van der Waals surface area contributed by atoms with E-state index in [0.717, 1.165) is 23.2 Å². The number of imide groups is 1. The number of anilines is 1. The van der Waals surface area contributed by atoms with Crippen molar-refractivity contribution < 1.29 is 14.4 Å². The fourth-order valence-corrected chi connectivity index (χ4v) is 4.59. The zero-order valence-corrected chi connectivity index (χ0v) is 14.7. The molecule has 5 nitrogen and oxygen atoms in total. The van der Waals surface area contributed by atoms with Gasteiger partial charge >= 0.3 is 0 Å². The Morgan fingerprint density at radius 1 is 1.12 bits per heavy atom. The van der Waals surface area contributed by atoms with Crippen LogP contribution in [0, 0.1) is 37.5 Å². The number of likely N-dealkylation sites (tertiary alicyclic amines) is 1. The number of hydrogen-bond donors (Lipinski definition) is 0. The lowest BCUT2D eigenvalue weighted by Crippen LogP contribution is -2.42. The monoisotopic (exact) mass is 338 g/mol. The maximum Gasteiger partial charge on any atom is 0.246 e. The molecule has 0 aromatic heterocycles. The molecule has 2 fully saturated rings. The van der Waals surface area contributed by atoms with Crippen molar-refractivity contribution in [1.82, 2.24) is 4.90 Å². The second-order valence-electron chi connectivity index (χ2n) is 7.43. The predicted molar refractivity (Wildman–Crippen MR) is 93.8 cm³/mol. The number of allylic oxidation sites excluding steroid dienone is 2. The Bertz CT molecular complexity index is 783. The molecule has 0 unspecified atom stereocenters. The summed E-state index contributed by atoms with van der Waals surface area (Å²) in [5, 5.41) is 0. The summed E-state index contributed by atoms with van der Waals surface area (Å²) in [5.74, 6) is -0.742. The summed E-state index contributed by atoms with van der Waals surface area (Å²) in [6.07, 6.45) is 5.02. The van der Waals surface area contributed by atoms with Crippen LogP contribution in [0.2, 0.25) is 0 Å². The van der Waals surface area contributed by atoms with E-state index >= 15 is 0 Å². The van der Waals surface area contributed by atoms with E-state index in [0.29, 0.717) is 0 Å². The van der Waals surface area contributed by atoms with E-state index in [2.05, 4.69) is 12.2 Å². The third kappa shape index (κ3) is 2.25. The average molecular weight is 338 g/mol. The highest BCUT2D eigenvalue weighted by Gasteiger charge is 2.59. The maximum atomic E-state index is 12.7. The number of benzene rings is 1. The number of carbonyl (C=O) groups is 3. The number of hydrogen-bond acceptors (Lipinski definition) is 3. The van der Waals surface area contributed by atoms with E-state index < -0.39 is 0 Å². The summed E-state index contributed by atoms with van der Waals surface area (Å²) < 4.78 is 0. The fraction of sp³-hybridized carbons (Fsp3) is 0.450. The van der Waals surface area contributed by atoms with Gasteiger partial charge in [0, 0.05) is 12.7 Å². The Morgan fingerprint density at radius 2 is 1.72 bits per heavy atom. The lowest BCUT2D eigenvalue weighted by molar-refractivity contribution is -0.143. The van der Waals surface area contributed by atoms with Gasteiger partial charge in [-0.25, -0.2) is 0 Å². The van der Waals surface area contributed by atoms with Crippen LogP contribution >= 0.6 is 0 Å². The zero-order chi connectivity index (χ0) is 17.9. The maximum absolute atomic E-state index is 12.7. The molecule has 1 saturated carbocycles. The van der Waals surface area contributed by atoms with E-state index in [9.17, 15) is 14.4 Å². The molecule has 1 aromatic carbocycles. The average Bonchev–Trinajstić information content (AvgIpc) is 3.26. The lowest BCUT2D eigenvalue weighted by atomic mass is 9.85. The molecule has 0 spiro atoms. The molecule has 4 atom stereocenters. The summed E-state index contributed by atoms with van der Waals surface area (Å²) in [6, 6.07) is 5.78. The second kappa shape index (κ2) is 5.55. The Kier molecular flexibility index (Phi) is 3.56. The molecule has 1 saturated heterocycles. The van der Waals surface area contributed by atoms with Crippen LogP contribution < -0.4 is 4.90 Å². The summed E-state index contributed by atoms with van der Waals surface area (Å²) in [7, 11) is 1.70. The minimum absolute atomic E-state index is 0.170. The summed E-state index contributed by atoms with van der Waals surface area (Å²) in [4.78, 5) is 40.9. The van der Waals surface area contributed by atoms with Crippen LogP contribution in [0.3, 0.4) is 0 Å². The highest BCUT2D eigenvalue weighted by atomic mass is 16.2. The van der Waals surface area contributed by atoms with Crippen molar-refractivity contribution in [2.75, 3.05) is 18.5 Å². The molecule has 3 amide bonds. The third-order valence-corrected chi connectivity index (χ3v) is 6.17. The molecule has 3 aliphatic rings. The smallest absolute Gasteiger partial charge is 0.246 e. The largest absolute Gasteiger partial charge is 0.314 e. The predicted octanol–water partition coefficient (Wildman–Crippen LogP) is 2.07. The van der Waals surface area contributed by atoms with Crippen molar-refractivity contribution >= 4 is 23.4 Å². The number of aryl methyl sites for hydroxylation is 1. The molecular weight excluding hydrogens is 316 g/mol. The molecule has 130 valence electrons. The summed E-state index contributed by atoms with van der Waals surface area (Å²) in [5.41, 5.74) is 2.94. The van der Waals surface area contributed by atoms with Crippen LogP contribution in [0.4, 0.5) is 5.69 Å². The van der Waals surface area contributed by atoms with Gasteiger partial charge in [-0.15, -0.1) is 0 Å². The number of carbonyl (C=O) groups excluding carboxylic acids is 3. The molecule has 0 radical (unpaired) electrons. The van der Waals surface area contributed by atoms with Gasteiger partial charge < -0.3 is 4.90 Å². The van der Waals surface area contributed by atoms with Gasteiger partial charge in [0.1, 0.15) is 6.54 Å². The highest BCUT2D eigenvalue weighted by Crippen LogP contribution is 2.52. The number of rotatable bonds is 3. The number of likely N-dealkylation sites (N-methyl/N-ethyl adjacent to an activating group) is 1. The van der Waals surface area contributed by atoms with Gasteiger partial charge in [0.15, 0.2) is 0 Å². The molecule has 4 rings (SSSR count). The lowest BCUT2D eigenvalue weighted by Gasteiger charge is -2.24. The van der Waals surface area contributed by atoms with Crippen LogP contribution in [0.5, 0.6) is 0 Å². The van der Waals surface area contributed by atoms with Gasteiger partial charge in [0.2, 0.25) is 17.7 Å². The van der Waals surface area contributed by atoms with Crippen molar-refractivity contribution in [3.05, 3.63) is 41.5 Å². The van der Waals surface area contributed by atoms with Gasteiger partial charge in [0.05, 0.1) is 11.8 Å². The van der Waals surface area contributed by atoms with Gasteiger partial charge in [-0.05, 0) is 49.3 Å². The molecule has 2 aliphatic carbocycles. The standard InChI is InChI=1S/C20H22N2O3/c1-11-5-4-6-15(12(11)2)21(3)16(23)10-22-19(24)17-13-7-8-14(9-13)18(17)20(22)25/h4-8,13-14,17-18H,9-10H2,1-3H3/t13-,14-,17-,18+/m0/s1. The van der Waals surface area contributed by atoms with E-state index in [1.54, 1.807) is 11.9 Å². The Labute approximate surface area is 147 Å². The molecule has 25 heavy (non-hydrogen) atoms. The van der Waals surface area contributed by atoms with E-state index in [-0.39, 0.29) is 47.9 Å². The van der Waals surface area contributed by atoms with Crippen LogP contribution in [0.1, 0.15) is 17.5 Å². The second-order valence-corrected chi connectivity index (χ2v) is 7.43. The first-order chi connectivity index (χ1) is 11.9. The first-order valence-electron chi connectivity index (χ1n) is 8.76. The van der Waals surface area contributed by atoms with Crippen LogP contribution in [-0.2, 0) is 14.4 Å². The van der Waals surface area contributed by atoms with Gasteiger partial charge in [-0.1, -0.05) is 24.3 Å². The van der Waals surface area contributed by atoms with Crippen molar-refractivity contribution in [3.63, 3.8) is 0 Å². The normalized spacial score (nSPS) is 29.5. The number of fused-ring (bicyclic) bond motifs is 5. The van der Waals surface area contributed by atoms with E-state index in [1.807, 2.05) is 32.0 Å². The Hall–Kier alpha value is -2.43. The molecule has 1 aromatic rings. The molecule has 2 bridgehead atoms. The fourth-order valence-electron chi connectivity index (χ4n) is 4.59. The van der Waals surface area contributed by atoms with Crippen molar-refractivity contribution in [2.24, 2.45) is 23.7 Å². The van der Waals surface area contributed by atoms with Crippen molar-refractivity contribution in [3.8, 4) is 0 Å². The minimum Gasteiger partial charge on any atom is -0.314 e. The van der Waals surface area contributed by atoms with Crippen LogP contribution in [-0.4, -0.2) is 36.2 Å². The number of nitrogens with zero attached hydrogens (tertiary/aromatic N) is 2. The van der Waals surface area contributed by atoms with Gasteiger partial charge in [-0.2, -0.15) is 0 Å². The quantitative estimate of drug-likeness (QED) is 0.626. The van der Waals surface area contributed by atoms with Crippen molar-refractivity contribution in [2.45, 2.75) is 20.3 Å².